The van der Waals surface area contributed by atoms with Gasteiger partial charge in [0.15, 0.2) is 5.78 Å². The van der Waals surface area contributed by atoms with Crippen molar-refractivity contribution in [2.45, 2.75) is 190 Å². The fourth-order valence-corrected chi connectivity index (χ4v) is 8.16. The highest BCUT2D eigenvalue weighted by atomic mass is 16.4. The number of rotatable bonds is 17. The summed E-state index contributed by atoms with van der Waals surface area (Å²) in [7, 11) is 3.48. The second kappa shape index (κ2) is 34.0. The lowest BCUT2D eigenvalue weighted by Gasteiger charge is -2.41. The Bertz CT molecular complexity index is 1530. The van der Waals surface area contributed by atoms with Crippen LogP contribution in [0.4, 0.5) is 9.59 Å². The second-order valence-electron chi connectivity index (χ2n) is 19.5. The highest BCUT2D eigenvalue weighted by molar-refractivity contribution is 5.89. The Hall–Kier alpha value is -4.37. The maximum atomic E-state index is 12.8. The molecule has 0 spiro atoms. The molecule has 0 bridgehead atoms. The van der Waals surface area contributed by atoms with Crippen LogP contribution in [0.1, 0.15) is 165 Å². The summed E-state index contributed by atoms with van der Waals surface area (Å²) in [5.41, 5.74) is 5.02. The first-order chi connectivity index (χ1) is 31.1. The third-order valence-electron chi connectivity index (χ3n) is 12.8. The second-order valence-corrected chi connectivity index (χ2v) is 19.5. The highest BCUT2D eigenvalue weighted by Gasteiger charge is 2.38. The van der Waals surface area contributed by atoms with Crippen molar-refractivity contribution in [3.05, 3.63) is 35.9 Å². The van der Waals surface area contributed by atoms with E-state index >= 15 is 0 Å². The molecule has 3 aliphatic rings. The van der Waals surface area contributed by atoms with Crippen molar-refractivity contribution in [3.8, 4) is 0 Å². The number of nitrogens with one attached hydrogen (secondary N) is 4. The summed E-state index contributed by atoms with van der Waals surface area (Å²) in [6.45, 7) is 26.8. The number of carboxylic acid groups (broad SMARTS) is 1. The molecule has 3 fully saturated rings. The van der Waals surface area contributed by atoms with Gasteiger partial charge in [0.1, 0.15) is 13.1 Å². The quantitative estimate of drug-likeness (QED) is 0.0824. The van der Waals surface area contributed by atoms with Crippen molar-refractivity contribution in [2.24, 2.45) is 27.9 Å². The first-order valence-corrected chi connectivity index (χ1v) is 24.3. The number of amides is 5. The molecule has 2 aliphatic heterocycles. The van der Waals surface area contributed by atoms with Crippen LogP contribution in [-0.4, -0.2) is 116 Å². The average molecular weight is 932 g/mol. The van der Waals surface area contributed by atoms with Gasteiger partial charge in [-0.2, -0.15) is 0 Å². The van der Waals surface area contributed by atoms with Gasteiger partial charge in [0.25, 0.3) is 0 Å². The molecule has 2 saturated heterocycles. The van der Waals surface area contributed by atoms with Crippen molar-refractivity contribution in [2.75, 3.05) is 33.7 Å². The van der Waals surface area contributed by atoms with Crippen LogP contribution < -0.4 is 27.0 Å². The Morgan fingerprint density at radius 3 is 1.98 bits per heavy atom. The van der Waals surface area contributed by atoms with Crippen molar-refractivity contribution in [1.29, 1.82) is 0 Å². The van der Waals surface area contributed by atoms with E-state index in [0.717, 1.165) is 69.8 Å². The van der Waals surface area contributed by atoms with E-state index in [0.29, 0.717) is 32.0 Å². The molecule has 0 radical (unpaired) electrons. The van der Waals surface area contributed by atoms with Gasteiger partial charge in [-0.25, -0.2) is 9.59 Å². The number of unbranched alkanes of at least 4 members (excludes halogenated alkanes) is 1. The van der Waals surface area contributed by atoms with Crippen LogP contribution >= 0.6 is 0 Å². The topological polar surface area (TPSA) is 220 Å². The van der Waals surface area contributed by atoms with Crippen LogP contribution in [-0.2, 0) is 30.5 Å². The maximum absolute atomic E-state index is 12.8. The van der Waals surface area contributed by atoms with Crippen LogP contribution in [0, 0.1) is 22.2 Å². The molecule has 2 heterocycles. The summed E-state index contributed by atoms with van der Waals surface area (Å²) < 4.78 is 0. The Balaban J connectivity index is 0. The monoisotopic (exact) mass is 932 g/mol. The van der Waals surface area contributed by atoms with Gasteiger partial charge in [-0.3, -0.25) is 19.3 Å². The zero-order valence-corrected chi connectivity index (χ0v) is 43.4. The Morgan fingerprint density at radius 2 is 1.53 bits per heavy atom. The van der Waals surface area contributed by atoms with Crippen molar-refractivity contribution >= 4 is 42.8 Å². The van der Waals surface area contributed by atoms with Crippen molar-refractivity contribution in [1.82, 2.24) is 31.1 Å². The molecule has 66 heavy (non-hydrogen) atoms. The third-order valence-corrected chi connectivity index (χ3v) is 12.8. The fourth-order valence-electron chi connectivity index (χ4n) is 8.16. The summed E-state index contributed by atoms with van der Waals surface area (Å²) in [6, 6.07) is 7.99. The predicted octanol–water partition coefficient (Wildman–Crippen LogP) is 8.13. The molecule has 15 heteroatoms. The van der Waals surface area contributed by atoms with Gasteiger partial charge >= 0.3 is 12.1 Å². The number of urea groups is 1. The SMILES string of the molecule is C=O.CC.CC(=O)C(CC1CCCC1)NC(=O)C1CCCN1C.CCCCC(C)(CC)C(C=O)NC(=O)NC(CN1CCC(C)(C)CC1=O)C(C)(C)C.CN.O=C(O)NCc1ccccc1. The predicted molar refractivity (Wildman–Crippen MR) is 267 cm³/mol. The number of carbonyl (C=O) groups is 7. The van der Waals surface area contributed by atoms with Gasteiger partial charge in [0.05, 0.1) is 24.2 Å². The van der Waals surface area contributed by atoms with E-state index in [2.05, 4.69) is 87.3 Å². The molecule has 1 aromatic rings. The zero-order valence-electron chi connectivity index (χ0n) is 43.4. The molecule has 1 aliphatic carbocycles. The summed E-state index contributed by atoms with van der Waals surface area (Å²) in [4.78, 5) is 83.3. The number of nitrogens with two attached hydrogens (primary N) is 1. The van der Waals surface area contributed by atoms with Gasteiger partial charge in [0, 0.05) is 26.1 Å². The van der Waals surface area contributed by atoms with Gasteiger partial charge < -0.3 is 46.6 Å². The normalized spacial score (nSPS) is 18.8. The standard InChI is InChI=1S/C24H45N3O3.C15H26N2O2.C8H9NO2.C2H6.CH5N.CH2O/c1-9-11-12-24(8,10-2)19(17-28)26-21(30)25-18(22(3,4)5)16-27-14-13-23(6,7)15-20(27)29;1-11(18)13(10-12-6-3-4-7-12)16-15(19)14-8-5-9-17(14)2;10-8(11)9-6-7-4-2-1-3-5-7;3*1-2/h17-19H,9-16H2,1-8H3,(H2,25,26,30);12-14H,3-10H2,1-2H3,(H,16,19);1-5,9H,6H2,(H,10,11);1-2H3;2H2,1H3;1H2. The number of benzene rings is 1. The van der Waals surface area contributed by atoms with Crippen molar-refractivity contribution < 1.29 is 38.7 Å². The molecule has 0 aromatic heterocycles. The molecule has 380 valence electrons. The van der Waals surface area contributed by atoms with E-state index in [1.807, 2.05) is 62.9 Å². The Labute approximate surface area is 399 Å². The number of hydrogen-bond acceptors (Lipinski definition) is 9. The molecular formula is C51H93N7O8. The van der Waals surface area contributed by atoms with E-state index in [4.69, 9.17) is 9.90 Å². The molecule has 7 N–H and O–H groups in total. The summed E-state index contributed by atoms with van der Waals surface area (Å²) in [5.74, 6) is 0.904. The van der Waals surface area contributed by atoms with Crippen LogP contribution in [0.15, 0.2) is 30.3 Å². The zero-order chi connectivity index (χ0) is 51.1. The molecule has 15 nitrogen and oxygen atoms in total. The van der Waals surface area contributed by atoms with Crippen molar-refractivity contribution in [3.63, 3.8) is 0 Å². The Kier molecular flexibility index (Phi) is 32.8. The first kappa shape index (κ1) is 63.7. The lowest BCUT2D eigenvalue weighted by Crippen LogP contribution is -2.58. The number of carbonyl (C=O) groups excluding carboxylic acids is 6. The summed E-state index contributed by atoms with van der Waals surface area (Å²) in [6.07, 6.45) is 12.9. The molecule has 5 atom stereocenters. The van der Waals surface area contributed by atoms with Crippen LogP contribution in [0.3, 0.4) is 0 Å². The van der Waals surface area contributed by atoms with E-state index < -0.39 is 12.1 Å². The molecule has 5 unspecified atom stereocenters. The van der Waals surface area contributed by atoms with Gasteiger partial charge in [-0.1, -0.05) is 138 Å². The number of nitrogens with zero attached hydrogens (tertiary/aromatic N) is 2. The minimum absolute atomic E-state index is 0.0366. The van der Waals surface area contributed by atoms with E-state index in [9.17, 15) is 28.8 Å². The average Bonchev–Trinajstić information content (AvgIpc) is 3.98. The van der Waals surface area contributed by atoms with Crippen LogP contribution in [0.2, 0.25) is 0 Å². The first-order valence-electron chi connectivity index (χ1n) is 24.3. The fraction of sp³-hybridized carbons (Fsp3) is 0.745. The molecule has 1 aromatic carbocycles. The molecule has 5 amide bonds. The van der Waals surface area contributed by atoms with Crippen LogP contribution in [0.25, 0.3) is 0 Å². The van der Waals surface area contributed by atoms with Crippen LogP contribution in [0.5, 0.6) is 0 Å². The lowest BCUT2D eigenvalue weighted by molar-refractivity contribution is -0.138. The van der Waals surface area contributed by atoms with E-state index in [1.54, 1.807) is 6.92 Å². The van der Waals surface area contributed by atoms with Gasteiger partial charge in [-0.05, 0) is 93.8 Å². The summed E-state index contributed by atoms with van der Waals surface area (Å²) >= 11 is 0. The number of hydrogen-bond donors (Lipinski definition) is 6. The van der Waals surface area contributed by atoms with Gasteiger partial charge in [-0.15, -0.1) is 0 Å². The maximum Gasteiger partial charge on any atom is 0.404 e. The number of piperidine rings is 1. The summed E-state index contributed by atoms with van der Waals surface area (Å²) in [5, 5.41) is 19.5. The minimum atomic E-state index is -0.992. The van der Waals surface area contributed by atoms with E-state index in [-0.39, 0.29) is 58.0 Å². The lowest BCUT2D eigenvalue weighted by atomic mass is 9.76. The number of ketones is 1. The number of likely N-dealkylation sites (tertiary alicyclic amines) is 2. The third kappa shape index (κ3) is 25.0. The molecular weight excluding hydrogens is 839 g/mol. The molecule has 1 saturated carbocycles. The number of likely N-dealkylation sites (N-methyl/N-ethyl adjacent to an activating group) is 1. The van der Waals surface area contributed by atoms with Gasteiger partial charge in [0.2, 0.25) is 11.8 Å². The number of aldehydes is 1. The Morgan fingerprint density at radius 1 is 0.939 bits per heavy atom. The number of Topliss-reactive ketones (excluding diaryl/α,β-unsaturated/α-hetero) is 1. The minimum Gasteiger partial charge on any atom is -0.465 e. The largest absolute Gasteiger partial charge is 0.465 e. The smallest absolute Gasteiger partial charge is 0.404 e. The highest BCUT2D eigenvalue weighted by Crippen LogP contribution is 2.33. The molecule has 4 rings (SSSR count). The van der Waals surface area contributed by atoms with E-state index in [1.165, 1.54) is 32.7 Å².